The summed E-state index contributed by atoms with van der Waals surface area (Å²) in [5, 5.41) is 2.21. The van der Waals surface area contributed by atoms with E-state index in [2.05, 4.69) is 27.8 Å². The van der Waals surface area contributed by atoms with Crippen LogP contribution in [0.25, 0.3) is 6.08 Å². The van der Waals surface area contributed by atoms with Crippen LogP contribution in [0.15, 0.2) is 59.1 Å². The molecular weight excluding hydrogens is 452 g/mol. The first-order valence-corrected chi connectivity index (χ1v) is 9.74. The minimum absolute atomic E-state index is 0.176. The Morgan fingerprint density at radius 3 is 2.63 bits per heavy atom. The average Bonchev–Trinajstić information content (AvgIpc) is 2.70. The number of aryl methyl sites for hydroxylation is 1. The molecule has 0 spiro atoms. The predicted molar refractivity (Wildman–Crippen MR) is 117 cm³/mol. The number of barbiturate groups is 1. The Balaban J connectivity index is 2.02. The van der Waals surface area contributed by atoms with Crippen molar-refractivity contribution >= 4 is 45.5 Å². The summed E-state index contributed by atoms with van der Waals surface area (Å²) >= 11 is 3.41. The Hall–Kier alpha value is -3.39. The number of carbonyl (C=O) groups excluding carboxylic acids is 3. The van der Waals surface area contributed by atoms with Crippen molar-refractivity contribution in [3.05, 3.63) is 70.2 Å². The average molecular weight is 471 g/mol. The van der Waals surface area contributed by atoms with Gasteiger partial charge in [-0.15, -0.1) is 0 Å². The number of rotatable bonds is 6. The molecule has 0 atom stereocenters. The minimum atomic E-state index is -0.792. The van der Waals surface area contributed by atoms with Crippen LogP contribution in [0.3, 0.4) is 0 Å². The van der Waals surface area contributed by atoms with Crippen LogP contribution in [0.4, 0.5) is 10.5 Å². The van der Waals surface area contributed by atoms with Crippen molar-refractivity contribution in [2.24, 2.45) is 0 Å². The van der Waals surface area contributed by atoms with Gasteiger partial charge in [0, 0.05) is 0 Å². The Morgan fingerprint density at radius 1 is 1.20 bits per heavy atom. The standard InChI is InChI=1S/C22H19BrN2O5/c1-4-8-30-19-17(23)11-14(12-18(19)29-3)10-16-20(26)24-22(28)25(21(16)27)15-7-5-6-13(2)9-15/h4-7,9-12H,1,8H2,2-3H3,(H,24,26,28)/b16-10+. The number of nitrogens with zero attached hydrogens (tertiary/aromatic N) is 1. The van der Waals surface area contributed by atoms with Gasteiger partial charge in [0.25, 0.3) is 11.8 Å². The molecule has 1 saturated heterocycles. The highest BCUT2D eigenvalue weighted by Crippen LogP contribution is 2.37. The number of methoxy groups -OCH3 is 1. The van der Waals surface area contributed by atoms with Gasteiger partial charge < -0.3 is 9.47 Å². The van der Waals surface area contributed by atoms with E-state index in [1.807, 2.05) is 13.0 Å². The second-order valence-electron chi connectivity index (χ2n) is 6.43. The second-order valence-corrected chi connectivity index (χ2v) is 7.28. The van der Waals surface area contributed by atoms with Crippen molar-refractivity contribution in [3.8, 4) is 11.5 Å². The number of halogens is 1. The number of amides is 4. The molecule has 8 heteroatoms. The molecule has 4 amide bonds. The SMILES string of the molecule is C=CCOc1c(Br)cc(/C=C2\C(=O)NC(=O)N(c3cccc(C)c3)C2=O)cc1OC. The summed E-state index contributed by atoms with van der Waals surface area (Å²) in [6.45, 7) is 5.74. The van der Waals surface area contributed by atoms with Gasteiger partial charge in [0.2, 0.25) is 0 Å². The van der Waals surface area contributed by atoms with E-state index in [-0.39, 0.29) is 12.2 Å². The third kappa shape index (κ3) is 4.28. The fourth-order valence-electron chi connectivity index (χ4n) is 2.93. The number of nitrogens with one attached hydrogen (secondary N) is 1. The maximum atomic E-state index is 13.0. The zero-order valence-electron chi connectivity index (χ0n) is 16.4. The highest BCUT2D eigenvalue weighted by Gasteiger charge is 2.36. The normalized spacial score (nSPS) is 15.2. The maximum Gasteiger partial charge on any atom is 0.335 e. The molecule has 1 heterocycles. The Morgan fingerprint density at radius 2 is 1.97 bits per heavy atom. The van der Waals surface area contributed by atoms with Gasteiger partial charge in [0.15, 0.2) is 11.5 Å². The molecule has 1 aliphatic rings. The Kier molecular flexibility index (Phi) is 6.37. The topological polar surface area (TPSA) is 84.9 Å². The number of hydrogen-bond acceptors (Lipinski definition) is 5. The lowest BCUT2D eigenvalue weighted by atomic mass is 10.1. The van der Waals surface area contributed by atoms with Gasteiger partial charge in [-0.3, -0.25) is 14.9 Å². The lowest BCUT2D eigenvalue weighted by molar-refractivity contribution is -0.122. The zero-order valence-corrected chi connectivity index (χ0v) is 18.0. The summed E-state index contributed by atoms with van der Waals surface area (Å²) < 4.78 is 11.5. The highest BCUT2D eigenvalue weighted by atomic mass is 79.9. The summed E-state index contributed by atoms with van der Waals surface area (Å²) in [6, 6.07) is 9.41. The lowest BCUT2D eigenvalue weighted by Crippen LogP contribution is -2.54. The van der Waals surface area contributed by atoms with E-state index in [1.54, 1.807) is 36.4 Å². The monoisotopic (exact) mass is 470 g/mol. The largest absolute Gasteiger partial charge is 0.493 e. The first kappa shape index (κ1) is 21.3. The molecule has 2 aromatic rings. The van der Waals surface area contributed by atoms with Crippen LogP contribution in [-0.2, 0) is 9.59 Å². The van der Waals surface area contributed by atoms with Crippen LogP contribution in [0, 0.1) is 6.92 Å². The van der Waals surface area contributed by atoms with E-state index >= 15 is 0 Å². The van der Waals surface area contributed by atoms with E-state index in [1.165, 1.54) is 13.2 Å². The quantitative estimate of drug-likeness (QED) is 0.391. The van der Waals surface area contributed by atoms with E-state index in [4.69, 9.17) is 9.47 Å². The number of imide groups is 2. The van der Waals surface area contributed by atoms with E-state index in [0.29, 0.717) is 27.2 Å². The second kappa shape index (κ2) is 8.96. The van der Waals surface area contributed by atoms with Crippen molar-refractivity contribution < 1.29 is 23.9 Å². The first-order valence-electron chi connectivity index (χ1n) is 8.95. The van der Waals surface area contributed by atoms with Gasteiger partial charge >= 0.3 is 6.03 Å². The summed E-state index contributed by atoms with van der Waals surface area (Å²) in [6.07, 6.45) is 3.00. The van der Waals surface area contributed by atoms with Gasteiger partial charge in [-0.25, -0.2) is 9.69 Å². The molecule has 0 aromatic heterocycles. The number of urea groups is 1. The molecule has 2 aromatic carbocycles. The van der Waals surface area contributed by atoms with Crippen LogP contribution in [0.2, 0.25) is 0 Å². The number of benzene rings is 2. The van der Waals surface area contributed by atoms with Crippen LogP contribution in [0.1, 0.15) is 11.1 Å². The van der Waals surface area contributed by atoms with Gasteiger partial charge in [0.1, 0.15) is 12.2 Å². The molecule has 3 rings (SSSR count). The van der Waals surface area contributed by atoms with Crippen LogP contribution in [0.5, 0.6) is 11.5 Å². The third-order valence-electron chi connectivity index (χ3n) is 4.27. The molecule has 0 bridgehead atoms. The fraction of sp³-hybridized carbons (Fsp3) is 0.136. The van der Waals surface area contributed by atoms with Gasteiger partial charge in [-0.2, -0.15) is 0 Å². The van der Waals surface area contributed by atoms with Gasteiger partial charge in [-0.1, -0.05) is 24.8 Å². The van der Waals surface area contributed by atoms with E-state index in [9.17, 15) is 14.4 Å². The number of anilines is 1. The van der Waals surface area contributed by atoms with Crippen molar-refractivity contribution in [2.75, 3.05) is 18.6 Å². The van der Waals surface area contributed by atoms with Crippen LogP contribution >= 0.6 is 15.9 Å². The molecule has 1 N–H and O–H groups in total. The number of ether oxygens (including phenoxy) is 2. The molecule has 7 nitrogen and oxygen atoms in total. The zero-order chi connectivity index (χ0) is 21.8. The van der Waals surface area contributed by atoms with Crippen LogP contribution < -0.4 is 19.7 Å². The first-order chi connectivity index (χ1) is 14.3. The number of carbonyl (C=O) groups is 3. The van der Waals surface area contributed by atoms with Crippen molar-refractivity contribution in [3.63, 3.8) is 0 Å². The van der Waals surface area contributed by atoms with Gasteiger partial charge in [-0.05, 0) is 64.3 Å². The molecule has 0 saturated carbocycles. The van der Waals surface area contributed by atoms with Crippen molar-refractivity contribution in [1.29, 1.82) is 0 Å². The van der Waals surface area contributed by atoms with Crippen LogP contribution in [-0.4, -0.2) is 31.6 Å². The number of hydrogen-bond donors (Lipinski definition) is 1. The van der Waals surface area contributed by atoms with Crippen molar-refractivity contribution in [2.45, 2.75) is 6.92 Å². The third-order valence-corrected chi connectivity index (χ3v) is 4.86. The summed E-state index contributed by atoms with van der Waals surface area (Å²) in [5.41, 5.74) is 1.59. The Bertz CT molecular complexity index is 1080. The molecule has 0 unspecified atom stereocenters. The molecular formula is C22H19BrN2O5. The molecule has 1 fully saturated rings. The summed E-state index contributed by atoms with van der Waals surface area (Å²) in [7, 11) is 1.48. The Labute approximate surface area is 182 Å². The molecule has 0 aliphatic carbocycles. The minimum Gasteiger partial charge on any atom is -0.493 e. The highest BCUT2D eigenvalue weighted by molar-refractivity contribution is 9.10. The van der Waals surface area contributed by atoms with Gasteiger partial charge in [0.05, 0.1) is 17.3 Å². The lowest BCUT2D eigenvalue weighted by Gasteiger charge is -2.26. The van der Waals surface area contributed by atoms with E-state index in [0.717, 1.165) is 10.5 Å². The molecule has 1 aliphatic heterocycles. The van der Waals surface area contributed by atoms with Crippen molar-refractivity contribution in [1.82, 2.24) is 5.32 Å². The molecule has 0 radical (unpaired) electrons. The molecule has 30 heavy (non-hydrogen) atoms. The maximum absolute atomic E-state index is 13.0. The summed E-state index contributed by atoms with van der Waals surface area (Å²) in [5.74, 6) is -0.601. The predicted octanol–water partition coefficient (Wildman–Crippen LogP) is 4.00. The smallest absolute Gasteiger partial charge is 0.335 e. The van der Waals surface area contributed by atoms with E-state index < -0.39 is 17.8 Å². The summed E-state index contributed by atoms with van der Waals surface area (Å²) in [4.78, 5) is 38.6. The fourth-order valence-corrected chi connectivity index (χ4v) is 3.51. The molecule has 154 valence electrons.